The van der Waals surface area contributed by atoms with Gasteiger partial charge in [-0.15, -0.1) is 0 Å². The average molecular weight is 641 g/mol. The third kappa shape index (κ3) is 7.08. The molecule has 1 N–H and O–H groups in total. The molecule has 7 nitrogen and oxygen atoms in total. The number of hydrogen-bond donors (Lipinski definition) is 1. The summed E-state index contributed by atoms with van der Waals surface area (Å²) in [5.74, 6) is -0.944. The number of sulfonamides is 1. The molecule has 0 aliphatic carbocycles. The minimum Gasteiger partial charge on any atom is -0.355 e. The van der Waals surface area contributed by atoms with E-state index in [2.05, 4.69) is 21.2 Å². The van der Waals surface area contributed by atoms with E-state index in [1.807, 2.05) is 31.2 Å². The van der Waals surface area contributed by atoms with Crippen LogP contribution in [-0.2, 0) is 26.2 Å². The van der Waals surface area contributed by atoms with E-state index >= 15 is 0 Å². The summed E-state index contributed by atoms with van der Waals surface area (Å²) in [7, 11) is -4.24. The zero-order chi connectivity index (χ0) is 28.0. The van der Waals surface area contributed by atoms with E-state index in [9.17, 15) is 18.0 Å². The number of carbonyl (C=O) groups excluding carboxylic acids is 2. The molecule has 2 amide bonds. The molecule has 11 heteroatoms. The molecule has 3 aromatic rings. The Hall–Kier alpha value is -2.59. The molecule has 0 aliphatic heterocycles. The molecule has 0 saturated carbocycles. The predicted octanol–water partition coefficient (Wildman–Crippen LogP) is 5.81. The first-order chi connectivity index (χ1) is 17.9. The lowest BCUT2D eigenvalue weighted by molar-refractivity contribution is -0.139. The Morgan fingerprint density at radius 1 is 1.03 bits per heavy atom. The second-order valence-corrected chi connectivity index (χ2v) is 12.2. The van der Waals surface area contributed by atoms with Crippen molar-refractivity contribution < 1.29 is 18.0 Å². The highest BCUT2D eigenvalue weighted by Crippen LogP contribution is 2.35. The van der Waals surface area contributed by atoms with Gasteiger partial charge < -0.3 is 10.2 Å². The molecule has 0 heterocycles. The van der Waals surface area contributed by atoms with Gasteiger partial charge in [-0.05, 0) is 62.7 Å². The third-order valence-electron chi connectivity index (χ3n) is 5.85. The number of hydrogen-bond acceptors (Lipinski definition) is 4. The smallest absolute Gasteiger partial charge is 0.264 e. The van der Waals surface area contributed by atoms with Crippen LogP contribution in [0, 0.1) is 6.92 Å². The average Bonchev–Trinajstić information content (AvgIpc) is 2.87. The Morgan fingerprint density at radius 3 is 2.32 bits per heavy atom. The van der Waals surface area contributed by atoms with Gasteiger partial charge in [0.05, 0.1) is 20.6 Å². The number of amides is 2. The summed E-state index contributed by atoms with van der Waals surface area (Å²) in [5, 5.41) is 2.86. The SMILES string of the molecule is CCNC(=O)C(C)N(Cc1cccc(Br)c1)C(=O)CN(c1cccc(Cl)c1Cl)S(=O)(=O)c1ccc(C)cc1. The van der Waals surface area contributed by atoms with Gasteiger partial charge in [-0.25, -0.2) is 8.42 Å². The van der Waals surface area contributed by atoms with Gasteiger partial charge in [-0.3, -0.25) is 13.9 Å². The molecule has 0 saturated heterocycles. The predicted molar refractivity (Wildman–Crippen MR) is 155 cm³/mol. The standard InChI is InChI=1S/C27H28BrCl2N3O4S/c1-4-31-27(35)19(3)32(16-20-7-5-8-21(28)15-20)25(34)17-33(24-10-6-9-23(29)26(24)30)38(36,37)22-13-11-18(2)12-14-22/h5-15,19H,4,16-17H2,1-3H3,(H,31,35). The van der Waals surface area contributed by atoms with Crippen LogP contribution in [0.2, 0.25) is 10.0 Å². The van der Waals surface area contributed by atoms with Crippen LogP contribution in [0.3, 0.4) is 0 Å². The highest BCUT2D eigenvalue weighted by atomic mass is 79.9. The molecule has 3 aromatic carbocycles. The molecular weight excluding hydrogens is 613 g/mol. The van der Waals surface area contributed by atoms with Crippen molar-refractivity contribution in [2.45, 2.75) is 38.3 Å². The van der Waals surface area contributed by atoms with E-state index in [4.69, 9.17) is 23.2 Å². The van der Waals surface area contributed by atoms with Gasteiger partial charge in [-0.1, -0.05) is 75.0 Å². The van der Waals surface area contributed by atoms with Crippen molar-refractivity contribution in [3.05, 3.63) is 92.4 Å². The van der Waals surface area contributed by atoms with E-state index in [0.717, 1.165) is 19.9 Å². The van der Waals surface area contributed by atoms with Gasteiger partial charge in [0.25, 0.3) is 10.0 Å². The van der Waals surface area contributed by atoms with Crippen LogP contribution in [0.1, 0.15) is 25.0 Å². The Balaban J connectivity index is 2.08. The maximum atomic E-state index is 13.8. The lowest BCUT2D eigenvalue weighted by atomic mass is 10.1. The van der Waals surface area contributed by atoms with Crippen molar-refractivity contribution >= 4 is 66.7 Å². The second kappa shape index (κ2) is 13.0. The molecule has 38 heavy (non-hydrogen) atoms. The normalized spacial score (nSPS) is 12.1. The quantitative estimate of drug-likeness (QED) is 0.303. The monoisotopic (exact) mass is 639 g/mol. The molecule has 0 bridgehead atoms. The Bertz CT molecular complexity index is 1420. The van der Waals surface area contributed by atoms with E-state index in [0.29, 0.717) is 6.54 Å². The summed E-state index contributed by atoms with van der Waals surface area (Å²) in [4.78, 5) is 28.0. The van der Waals surface area contributed by atoms with E-state index in [1.165, 1.54) is 29.2 Å². The fraction of sp³-hybridized carbons (Fsp3) is 0.259. The van der Waals surface area contributed by atoms with Crippen LogP contribution < -0.4 is 9.62 Å². The summed E-state index contributed by atoms with van der Waals surface area (Å²) in [6.45, 7) is 5.09. The third-order valence-corrected chi connectivity index (χ3v) is 8.92. The van der Waals surface area contributed by atoms with Crippen molar-refractivity contribution in [1.29, 1.82) is 0 Å². The van der Waals surface area contributed by atoms with Crippen LogP contribution in [0.15, 0.2) is 76.1 Å². The number of halogens is 3. The van der Waals surface area contributed by atoms with Crippen LogP contribution in [-0.4, -0.2) is 44.3 Å². The van der Waals surface area contributed by atoms with Crippen molar-refractivity contribution in [3.63, 3.8) is 0 Å². The maximum Gasteiger partial charge on any atom is 0.264 e. The molecule has 0 fully saturated rings. The fourth-order valence-corrected chi connectivity index (χ4v) is 6.09. The number of anilines is 1. The number of nitrogens with one attached hydrogen (secondary N) is 1. The molecular formula is C27H28BrCl2N3O4S. The van der Waals surface area contributed by atoms with E-state index in [1.54, 1.807) is 32.0 Å². The first kappa shape index (κ1) is 30.0. The lowest BCUT2D eigenvalue weighted by Gasteiger charge is -2.32. The van der Waals surface area contributed by atoms with Gasteiger partial charge in [0, 0.05) is 17.6 Å². The van der Waals surface area contributed by atoms with E-state index < -0.39 is 28.5 Å². The van der Waals surface area contributed by atoms with Crippen LogP contribution >= 0.6 is 39.1 Å². The molecule has 1 unspecified atom stereocenters. The summed E-state index contributed by atoms with van der Waals surface area (Å²) < 4.78 is 29.4. The number of likely N-dealkylation sites (N-methyl/N-ethyl adjacent to an activating group) is 1. The summed E-state index contributed by atoms with van der Waals surface area (Å²) in [6.07, 6.45) is 0. The van der Waals surface area contributed by atoms with E-state index in [-0.39, 0.29) is 33.1 Å². The van der Waals surface area contributed by atoms with Crippen molar-refractivity contribution in [3.8, 4) is 0 Å². The molecule has 202 valence electrons. The van der Waals surface area contributed by atoms with Gasteiger partial charge in [0.2, 0.25) is 11.8 Å². The lowest BCUT2D eigenvalue weighted by Crippen LogP contribution is -2.51. The van der Waals surface area contributed by atoms with Crippen molar-refractivity contribution in [1.82, 2.24) is 10.2 Å². The van der Waals surface area contributed by atoms with Gasteiger partial charge >= 0.3 is 0 Å². The van der Waals surface area contributed by atoms with Gasteiger partial charge in [-0.2, -0.15) is 0 Å². The van der Waals surface area contributed by atoms with Crippen LogP contribution in [0.5, 0.6) is 0 Å². The highest BCUT2D eigenvalue weighted by molar-refractivity contribution is 9.10. The van der Waals surface area contributed by atoms with Gasteiger partial charge in [0.15, 0.2) is 0 Å². The summed E-state index contributed by atoms with van der Waals surface area (Å²) >= 11 is 16.1. The maximum absolute atomic E-state index is 13.8. The number of carbonyl (C=O) groups is 2. The Kier molecular flexibility index (Phi) is 10.2. The molecule has 0 aromatic heterocycles. The largest absolute Gasteiger partial charge is 0.355 e. The zero-order valence-electron chi connectivity index (χ0n) is 21.1. The molecule has 0 spiro atoms. The van der Waals surface area contributed by atoms with Crippen molar-refractivity contribution in [2.24, 2.45) is 0 Å². The number of aryl methyl sites for hydroxylation is 1. The topological polar surface area (TPSA) is 86.8 Å². The zero-order valence-corrected chi connectivity index (χ0v) is 25.0. The van der Waals surface area contributed by atoms with Crippen LogP contribution in [0.25, 0.3) is 0 Å². The number of rotatable bonds is 10. The van der Waals surface area contributed by atoms with Crippen LogP contribution in [0.4, 0.5) is 5.69 Å². The minimum atomic E-state index is -4.24. The number of nitrogens with zero attached hydrogens (tertiary/aromatic N) is 2. The fourth-order valence-electron chi connectivity index (χ4n) is 3.77. The van der Waals surface area contributed by atoms with Gasteiger partial charge in [0.1, 0.15) is 12.6 Å². The van der Waals surface area contributed by atoms with Crippen molar-refractivity contribution in [2.75, 3.05) is 17.4 Å². The Morgan fingerprint density at radius 2 is 1.68 bits per heavy atom. The molecule has 0 radical (unpaired) electrons. The highest BCUT2D eigenvalue weighted by Gasteiger charge is 2.33. The summed E-state index contributed by atoms with van der Waals surface area (Å²) in [5.41, 5.74) is 1.70. The first-order valence-corrected chi connectivity index (χ1v) is 14.8. The number of benzene rings is 3. The second-order valence-electron chi connectivity index (χ2n) is 8.62. The molecule has 1 atom stereocenters. The minimum absolute atomic E-state index is 0.00651. The first-order valence-electron chi connectivity index (χ1n) is 11.8. The summed E-state index contributed by atoms with van der Waals surface area (Å²) in [6, 6.07) is 17.3. The molecule has 3 rings (SSSR count). The molecule has 0 aliphatic rings. The Labute approximate surface area is 241 Å².